The Morgan fingerprint density at radius 1 is 1.08 bits per heavy atom. The predicted molar refractivity (Wildman–Crippen MR) is 92.9 cm³/mol. The van der Waals surface area contributed by atoms with Gasteiger partial charge in [-0.05, 0) is 45.7 Å². The Hall–Kier alpha value is -1.69. The van der Waals surface area contributed by atoms with Crippen LogP contribution in [0.3, 0.4) is 0 Å². The van der Waals surface area contributed by atoms with E-state index >= 15 is 0 Å². The van der Waals surface area contributed by atoms with Gasteiger partial charge in [0, 0.05) is 31.4 Å². The predicted octanol–water partition coefficient (Wildman–Crippen LogP) is 2.49. The molecule has 1 aliphatic carbocycles. The Kier molecular flexibility index (Phi) is 4.39. The molecule has 130 valence electrons. The molecule has 0 aromatic carbocycles. The van der Waals surface area contributed by atoms with Crippen molar-refractivity contribution >= 4 is 0 Å². The van der Waals surface area contributed by atoms with Gasteiger partial charge in [-0.3, -0.25) is 0 Å². The van der Waals surface area contributed by atoms with Gasteiger partial charge in [0.05, 0.1) is 6.54 Å². The molecule has 2 aromatic heterocycles. The number of rotatable bonds is 4. The third-order valence-corrected chi connectivity index (χ3v) is 5.97. The van der Waals surface area contributed by atoms with E-state index in [0.29, 0.717) is 5.92 Å². The van der Waals surface area contributed by atoms with Gasteiger partial charge in [-0.1, -0.05) is 12.8 Å². The van der Waals surface area contributed by atoms with E-state index in [1.807, 2.05) is 19.3 Å². The molecule has 3 heterocycles. The quantitative estimate of drug-likeness (QED) is 0.865. The largest absolute Gasteiger partial charge is 0.328 e. The molecule has 6 heteroatoms. The number of piperidine rings is 1. The molecule has 2 aromatic rings. The number of nitrogens with zero attached hydrogens (tertiary/aromatic N) is 6. The molecule has 0 spiro atoms. The van der Waals surface area contributed by atoms with Crippen molar-refractivity contribution in [2.45, 2.75) is 64.0 Å². The van der Waals surface area contributed by atoms with Crippen molar-refractivity contribution in [3.8, 4) is 0 Å². The van der Waals surface area contributed by atoms with Gasteiger partial charge in [-0.2, -0.15) is 0 Å². The van der Waals surface area contributed by atoms with E-state index < -0.39 is 0 Å². The van der Waals surface area contributed by atoms with Gasteiger partial charge >= 0.3 is 0 Å². The second kappa shape index (κ2) is 6.67. The number of aryl methyl sites for hydroxylation is 1. The summed E-state index contributed by atoms with van der Waals surface area (Å²) in [7, 11) is 2.11. The molecule has 1 saturated heterocycles. The van der Waals surface area contributed by atoms with E-state index in [1.165, 1.54) is 51.6 Å². The molecular formula is C18H28N6. The van der Waals surface area contributed by atoms with Gasteiger partial charge in [0.15, 0.2) is 5.82 Å². The van der Waals surface area contributed by atoms with Crippen LogP contribution in [0.25, 0.3) is 0 Å². The van der Waals surface area contributed by atoms with Crippen molar-refractivity contribution in [1.29, 1.82) is 0 Å². The molecular weight excluding hydrogens is 300 g/mol. The first-order chi connectivity index (χ1) is 11.7. The van der Waals surface area contributed by atoms with E-state index in [4.69, 9.17) is 0 Å². The summed E-state index contributed by atoms with van der Waals surface area (Å²) < 4.78 is 4.33. The number of imidazole rings is 1. The summed E-state index contributed by atoms with van der Waals surface area (Å²) in [5.41, 5.74) is 0. The van der Waals surface area contributed by atoms with Gasteiger partial charge in [0.25, 0.3) is 0 Å². The first-order valence-corrected chi connectivity index (χ1v) is 9.32. The van der Waals surface area contributed by atoms with Gasteiger partial charge in [0.1, 0.15) is 11.6 Å². The zero-order valence-electron chi connectivity index (χ0n) is 14.9. The first-order valence-electron chi connectivity index (χ1n) is 9.32. The minimum Gasteiger partial charge on any atom is -0.328 e. The fraction of sp³-hybridized carbons (Fsp3) is 0.722. The summed E-state index contributed by atoms with van der Waals surface area (Å²) in [5, 5.41) is 8.99. The highest BCUT2D eigenvalue weighted by Gasteiger charge is 2.29. The maximum atomic E-state index is 4.53. The molecule has 6 nitrogen and oxygen atoms in total. The zero-order valence-corrected chi connectivity index (χ0v) is 14.9. The molecule has 2 fully saturated rings. The Labute approximate surface area is 143 Å². The van der Waals surface area contributed by atoms with Crippen LogP contribution in [0.4, 0.5) is 0 Å². The topological polar surface area (TPSA) is 51.8 Å². The minimum absolute atomic E-state index is 0.554. The SMILES string of the molecule is Cc1nccn1Cc1nnc(C2CCN(C3CCCC3)CC2)n1C. The molecule has 1 saturated carbocycles. The lowest BCUT2D eigenvalue weighted by atomic mass is 9.94. The van der Waals surface area contributed by atoms with Crippen molar-refractivity contribution in [2.75, 3.05) is 13.1 Å². The molecule has 0 N–H and O–H groups in total. The number of likely N-dealkylation sites (tertiary alicyclic amines) is 1. The van der Waals surface area contributed by atoms with Crippen LogP contribution < -0.4 is 0 Å². The summed E-state index contributed by atoms with van der Waals surface area (Å²) in [4.78, 5) is 7.00. The number of aromatic nitrogens is 5. The van der Waals surface area contributed by atoms with Crippen molar-refractivity contribution in [3.05, 3.63) is 29.9 Å². The van der Waals surface area contributed by atoms with Crippen LogP contribution in [-0.4, -0.2) is 48.3 Å². The smallest absolute Gasteiger partial charge is 0.152 e. The Morgan fingerprint density at radius 3 is 2.50 bits per heavy atom. The van der Waals surface area contributed by atoms with Crippen LogP contribution >= 0.6 is 0 Å². The fourth-order valence-electron chi connectivity index (χ4n) is 4.38. The van der Waals surface area contributed by atoms with Gasteiger partial charge in [-0.15, -0.1) is 10.2 Å². The van der Waals surface area contributed by atoms with Crippen molar-refractivity contribution in [1.82, 2.24) is 29.2 Å². The Bertz CT molecular complexity index is 673. The second-order valence-corrected chi connectivity index (χ2v) is 7.38. The van der Waals surface area contributed by atoms with Crippen LogP contribution in [0, 0.1) is 6.92 Å². The van der Waals surface area contributed by atoms with Crippen molar-refractivity contribution < 1.29 is 0 Å². The lowest BCUT2D eigenvalue weighted by Gasteiger charge is -2.35. The van der Waals surface area contributed by atoms with Crippen molar-refractivity contribution in [2.24, 2.45) is 7.05 Å². The summed E-state index contributed by atoms with van der Waals surface area (Å²) >= 11 is 0. The highest BCUT2D eigenvalue weighted by molar-refractivity contribution is 5.05. The summed E-state index contributed by atoms with van der Waals surface area (Å²) in [6.45, 7) is 5.21. The maximum Gasteiger partial charge on any atom is 0.152 e. The highest BCUT2D eigenvalue weighted by Crippen LogP contribution is 2.31. The lowest BCUT2D eigenvalue weighted by molar-refractivity contribution is 0.151. The van der Waals surface area contributed by atoms with Gasteiger partial charge in [-0.25, -0.2) is 4.98 Å². The summed E-state index contributed by atoms with van der Waals surface area (Å²) in [6.07, 6.45) is 11.9. The van der Waals surface area contributed by atoms with Crippen LogP contribution in [0.2, 0.25) is 0 Å². The third-order valence-electron chi connectivity index (χ3n) is 5.97. The van der Waals surface area contributed by atoms with E-state index in [-0.39, 0.29) is 0 Å². The second-order valence-electron chi connectivity index (χ2n) is 7.38. The molecule has 0 radical (unpaired) electrons. The molecule has 0 amide bonds. The first kappa shape index (κ1) is 15.8. The minimum atomic E-state index is 0.554. The molecule has 24 heavy (non-hydrogen) atoms. The van der Waals surface area contributed by atoms with Crippen LogP contribution in [0.1, 0.15) is 61.9 Å². The monoisotopic (exact) mass is 328 g/mol. The standard InChI is InChI=1S/C18H28N6/c1-14-19-9-12-24(14)13-17-20-21-18(22(17)2)15-7-10-23(11-8-15)16-5-3-4-6-16/h9,12,15-16H,3-8,10-11,13H2,1-2H3. The molecule has 4 rings (SSSR count). The maximum absolute atomic E-state index is 4.53. The number of hydrogen-bond donors (Lipinski definition) is 0. The Morgan fingerprint density at radius 2 is 1.83 bits per heavy atom. The van der Waals surface area contributed by atoms with E-state index in [1.54, 1.807) is 0 Å². The summed E-state index contributed by atoms with van der Waals surface area (Å²) in [5.74, 6) is 3.75. The van der Waals surface area contributed by atoms with Gasteiger partial charge in [0.2, 0.25) is 0 Å². The van der Waals surface area contributed by atoms with E-state index in [2.05, 4.69) is 36.3 Å². The molecule has 0 unspecified atom stereocenters. The van der Waals surface area contributed by atoms with Crippen molar-refractivity contribution in [3.63, 3.8) is 0 Å². The molecule has 1 aliphatic heterocycles. The van der Waals surface area contributed by atoms with Crippen LogP contribution in [0.15, 0.2) is 12.4 Å². The zero-order chi connectivity index (χ0) is 16.5. The average Bonchev–Trinajstić information content (AvgIpc) is 3.32. The van der Waals surface area contributed by atoms with Gasteiger partial charge < -0.3 is 14.0 Å². The lowest BCUT2D eigenvalue weighted by Crippen LogP contribution is -2.39. The average molecular weight is 328 g/mol. The summed E-state index contributed by atoms with van der Waals surface area (Å²) in [6, 6.07) is 0.852. The molecule has 2 aliphatic rings. The van der Waals surface area contributed by atoms with Crippen LogP contribution in [-0.2, 0) is 13.6 Å². The number of hydrogen-bond acceptors (Lipinski definition) is 4. The van der Waals surface area contributed by atoms with E-state index in [9.17, 15) is 0 Å². The molecule has 0 bridgehead atoms. The normalized spacial score (nSPS) is 20.9. The fourth-order valence-corrected chi connectivity index (χ4v) is 4.38. The molecule has 0 atom stereocenters. The highest BCUT2D eigenvalue weighted by atomic mass is 15.3. The third kappa shape index (κ3) is 2.99. The van der Waals surface area contributed by atoms with Crippen LogP contribution in [0.5, 0.6) is 0 Å². The Balaban J connectivity index is 1.41. The van der Waals surface area contributed by atoms with E-state index in [0.717, 1.165) is 30.1 Å².